The van der Waals surface area contributed by atoms with Crippen molar-refractivity contribution in [2.75, 3.05) is 0 Å². The van der Waals surface area contributed by atoms with E-state index < -0.39 is 5.97 Å². The van der Waals surface area contributed by atoms with Crippen LogP contribution in [0.1, 0.15) is 25.8 Å². The van der Waals surface area contributed by atoms with E-state index in [9.17, 15) is 4.79 Å². The van der Waals surface area contributed by atoms with E-state index in [1.165, 1.54) is 17.3 Å². The van der Waals surface area contributed by atoms with Crippen LogP contribution in [-0.4, -0.2) is 16.3 Å². The van der Waals surface area contributed by atoms with E-state index in [0.717, 1.165) is 9.37 Å². The summed E-state index contributed by atoms with van der Waals surface area (Å²) in [6.45, 7) is 4.21. The van der Waals surface area contributed by atoms with Crippen LogP contribution in [0.3, 0.4) is 0 Å². The van der Waals surface area contributed by atoms with Crippen molar-refractivity contribution in [2.45, 2.75) is 35.8 Å². The van der Waals surface area contributed by atoms with Crippen molar-refractivity contribution < 1.29 is 9.90 Å². The first-order chi connectivity index (χ1) is 7.40. The number of hydrogen-bond acceptors (Lipinski definition) is 2. The molecule has 1 aliphatic heterocycles. The molecule has 86 valence electrons. The lowest BCUT2D eigenvalue weighted by atomic mass is 9.80. The molecule has 1 unspecified atom stereocenters. The monoisotopic (exact) mass is 300 g/mol. The number of aliphatic carboxylic acids is 1. The van der Waals surface area contributed by atoms with Crippen LogP contribution in [0.4, 0.5) is 0 Å². The van der Waals surface area contributed by atoms with Gasteiger partial charge in [0.15, 0.2) is 0 Å². The Bertz CT molecular complexity index is 443. The molecule has 1 aromatic rings. The molecule has 16 heavy (non-hydrogen) atoms. The van der Waals surface area contributed by atoms with Gasteiger partial charge in [-0.3, -0.25) is 4.79 Å². The van der Waals surface area contributed by atoms with Gasteiger partial charge in [-0.25, -0.2) is 0 Å². The second-order valence-electron chi connectivity index (χ2n) is 4.67. The minimum atomic E-state index is -0.716. The first kappa shape index (κ1) is 12.0. The normalized spacial score (nSPS) is 22.6. The Hall–Kier alpha value is -0.480. The van der Waals surface area contributed by atoms with Crippen LogP contribution in [0.2, 0.25) is 0 Å². The van der Waals surface area contributed by atoms with Crippen LogP contribution in [0.5, 0.6) is 0 Å². The van der Waals surface area contributed by atoms with Crippen molar-refractivity contribution in [1.82, 2.24) is 0 Å². The van der Waals surface area contributed by atoms with E-state index in [2.05, 4.69) is 35.8 Å². The molecule has 1 N–H and O–H groups in total. The van der Waals surface area contributed by atoms with Gasteiger partial charge in [0.05, 0.1) is 0 Å². The molecule has 2 nitrogen and oxygen atoms in total. The quantitative estimate of drug-likeness (QED) is 0.860. The van der Waals surface area contributed by atoms with Crippen molar-refractivity contribution in [2.24, 2.45) is 0 Å². The number of carbonyl (C=O) groups is 1. The Morgan fingerprint density at radius 3 is 2.88 bits per heavy atom. The average Bonchev–Trinajstić information content (AvgIpc) is 2.18. The van der Waals surface area contributed by atoms with Crippen LogP contribution in [-0.2, 0) is 10.2 Å². The molecule has 0 saturated carbocycles. The van der Waals surface area contributed by atoms with Crippen LogP contribution >= 0.6 is 27.7 Å². The summed E-state index contributed by atoms with van der Waals surface area (Å²) < 4.78 is 1.05. The smallest absolute Gasteiger partial charge is 0.317 e. The molecule has 0 bridgehead atoms. The lowest BCUT2D eigenvalue weighted by Crippen LogP contribution is -2.32. The highest BCUT2D eigenvalue weighted by atomic mass is 79.9. The predicted molar refractivity (Wildman–Crippen MR) is 69.1 cm³/mol. The van der Waals surface area contributed by atoms with Gasteiger partial charge in [-0.2, -0.15) is 0 Å². The third-order valence-corrected chi connectivity index (χ3v) is 4.67. The fraction of sp³-hybridized carbons (Fsp3) is 0.417. The standard InChI is InChI=1S/C12H13BrO2S/c1-12(2)6-10(11(14)15)16-9-4-3-7(13)5-8(9)12/h3-5,10H,6H2,1-2H3,(H,14,15). The van der Waals surface area contributed by atoms with Gasteiger partial charge < -0.3 is 5.11 Å². The second-order valence-corrected chi connectivity index (χ2v) is 6.83. The fourth-order valence-electron chi connectivity index (χ4n) is 2.04. The molecular weight excluding hydrogens is 288 g/mol. The summed E-state index contributed by atoms with van der Waals surface area (Å²) in [5.41, 5.74) is 1.16. The Balaban J connectivity index is 2.47. The molecule has 0 radical (unpaired) electrons. The number of halogens is 1. The van der Waals surface area contributed by atoms with E-state index in [1.54, 1.807) is 0 Å². The zero-order chi connectivity index (χ0) is 11.9. The number of carboxylic acid groups (broad SMARTS) is 1. The molecule has 0 spiro atoms. The first-order valence-corrected chi connectivity index (χ1v) is 6.77. The van der Waals surface area contributed by atoms with E-state index in [-0.39, 0.29) is 10.7 Å². The van der Waals surface area contributed by atoms with Crippen molar-refractivity contribution in [1.29, 1.82) is 0 Å². The summed E-state index contributed by atoms with van der Waals surface area (Å²) in [5.74, 6) is -0.716. The maximum Gasteiger partial charge on any atom is 0.317 e. The Labute approximate surface area is 108 Å². The van der Waals surface area contributed by atoms with Gasteiger partial charge >= 0.3 is 5.97 Å². The lowest BCUT2D eigenvalue weighted by Gasteiger charge is -2.35. The van der Waals surface area contributed by atoms with Gasteiger partial charge in [-0.15, -0.1) is 11.8 Å². The molecule has 0 amide bonds. The molecular formula is C12H13BrO2S. The van der Waals surface area contributed by atoms with Crippen molar-refractivity contribution in [3.05, 3.63) is 28.2 Å². The molecule has 4 heteroatoms. The third-order valence-electron chi connectivity index (χ3n) is 2.91. The van der Waals surface area contributed by atoms with Gasteiger partial charge in [0.25, 0.3) is 0 Å². The summed E-state index contributed by atoms with van der Waals surface area (Å²) in [6.07, 6.45) is 0.677. The topological polar surface area (TPSA) is 37.3 Å². The zero-order valence-electron chi connectivity index (χ0n) is 9.16. The first-order valence-electron chi connectivity index (χ1n) is 5.10. The SMILES string of the molecule is CC1(C)CC(C(=O)O)Sc2ccc(Br)cc21. The van der Waals surface area contributed by atoms with E-state index in [1.807, 2.05) is 12.1 Å². The molecule has 0 saturated heterocycles. The maximum atomic E-state index is 11.1. The largest absolute Gasteiger partial charge is 0.480 e. The number of benzene rings is 1. The highest BCUT2D eigenvalue weighted by molar-refractivity contribution is 9.10. The van der Waals surface area contributed by atoms with Gasteiger partial charge in [-0.1, -0.05) is 29.8 Å². The maximum absolute atomic E-state index is 11.1. The Morgan fingerprint density at radius 2 is 2.25 bits per heavy atom. The average molecular weight is 301 g/mol. The van der Waals surface area contributed by atoms with Gasteiger partial charge in [-0.05, 0) is 35.6 Å². The van der Waals surface area contributed by atoms with Crippen LogP contribution in [0.15, 0.2) is 27.6 Å². The summed E-state index contributed by atoms with van der Waals surface area (Å²) in [6, 6.07) is 6.06. The lowest BCUT2D eigenvalue weighted by molar-refractivity contribution is -0.136. The molecule has 1 atom stereocenters. The number of rotatable bonds is 1. The van der Waals surface area contributed by atoms with E-state index in [4.69, 9.17) is 5.11 Å². The highest BCUT2D eigenvalue weighted by Gasteiger charge is 2.36. The Kier molecular flexibility index (Phi) is 3.05. The molecule has 0 aromatic heterocycles. The summed E-state index contributed by atoms with van der Waals surface area (Å²) in [5, 5.41) is 8.79. The number of thioether (sulfide) groups is 1. The fourth-order valence-corrected chi connectivity index (χ4v) is 3.92. The number of carboxylic acids is 1. The molecule has 0 fully saturated rings. The molecule has 1 heterocycles. The molecule has 2 rings (SSSR count). The highest BCUT2D eigenvalue weighted by Crippen LogP contribution is 2.46. The van der Waals surface area contributed by atoms with Crippen LogP contribution < -0.4 is 0 Å². The molecule has 1 aliphatic rings. The predicted octanol–water partition coefficient (Wildman–Crippen LogP) is 3.68. The summed E-state index contributed by atoms with van der Waals surface area (Å²) >= 11 is 4.92. The van der Waals surface area contributed by atoms with E-state index in [0.29, 0.717) is 6.42 Å². The van der Waals surface area contributed by atoms with Crippen molar-refractivity contribution in [3.8, 4) is 0 Å². The number of fused-ring (bicyclic) bond motifs is 1. The van der Waals surface area contributed by atoms with Gasteiger partial charge in [0.1, 0.15) is 5.25 Å². The third kappa shape index (κ3) is 2.13. The van der Waals surface area contributed by atoms with Crippen LogP contribution in [0, 0.1) is 0 Å². The van der Waals surface area contributed by atoms with Crippen molar-refractivity contribution in [3.63, 3.8) is 0 Å². The summed E-state index contributed by atoms with van der Waals surface area (Å²) in [7, 11) is 0. The minimum absolute atomic E-state index is 0.0760. The number of hydrogen-bond donors (Lipinski definition) is 1. The van der Waals surface area contributed by atoms with Gasteiger partial charge in [0.2, 0.25) is 0 Å². The second kappa shape index (κ2) is 4.08. The van der Waals surface area contributed by atoms with Crippen molar-refractivity contribution >= 4 is 33.7 Å². The van der Waals surface area contributed by atoms with Crippen LogP contribution in [0.25, 0.3) is 0 Å². The summed E-state index contributed by atoms with van der Waals surface area (Å²) in [4.78, 5) is 12.2. The Morgan fingerprint density at radius 1 is 1.56 bits per heavy atom. The minimum Gasteiger partial charge on any atom is -0.480 e. The zero-order valence-corrected chi connectivity index (χ0v) is 11.6. The van der Waals surface area contributed by atoms with Gasteiger partial charge in [0, 0.05) is 9.37 Å². The molecule has 0 aliphatic carbocycles. The van der Waals surface area contributed by atoms with E-state index >= 15 is 0 Å². The molecule has 1 aromatic carbocycles.